The van der Waals surface area contributed by atoms with Gasteiger partial charge < -0.3 is 4.74 Å². The number of hydrogen-bond donors (Lipinski definition) is 0. The molecule has 0 fully saturated rings. The second-order valence-corrected chi connectivity index (χ2v) is 2.51. The third-order valence-electron chi connectivity index (χ3n) is 1.11. The summed E-state index contributed by atoms with van der Waals surface area (Å²) in [5.74, 6) is 0. The minimum atomic E-state index is -3.12. The van der Waals surface area contributed by atoms with E-state index < -0.39 is 6.11 Å². The van der Waals surface area contributed by atoms with Gasteiger partial charge in [-0.15, -0.1) is 0 Å². The Morgan fingerprint density at radius 2 is 2.30 bits per heavy atom. The second kappa shape index (κ2) is 2.64. The molecule has 0 spiro atoms. The Balaban J connectivity index is 2.85. The number of alkyl halides is 2. The molecule has 0 aliphatic carbocycles. The van der Waals surface area contributed by atoms with Crippen molar-refractivity contribution in [1.82, 2.24) is 0 Å². The van der Waals surface area contributed by atoms with Gasteiger partial charge in [0.1, 0.15) is 0 Å². The molecule has 0 radical (unpaired) electrons. The van der Waals surface area contributed by atoms with Crippen molar-refractivity contribution in [2.45, 2.75) is 6.11 Å². The van der Waals surface area contributed by atoms with E-state index in [1.54, 1.807) is 5.38 Å². The molecule has 1 nitrogen and oxygen atoms in total. The van der Waals surface area contributed by atoms with E-state index in [0.29, 0.717) is 0 Å². The van der Waals surface area contributed by atoms with Crippen LogP contribution in [0.4, 0.5) is 8.78 Å². The second-order valence-electron chi connectivity index (χ2n) is 1.73. The Morgan fingerprint density at radius 1 is 1.60 bits per heavy atom. The van der Waals surface area contributed by atoms with Gasteiger partial charge in [-0.05, 0) is 11.4 Å². The molecule has 1 aromatic rings. The van der Waals surface area contributed by atoms with Crippen LogP contribution < -0.4 is 0 Å². The Kier molecular flexibility index (Phi) is 2.01. The van der Waals surface area contributed by atoms with Gasteiger partial charge in [-0.2, -0.15) is 20.1 Å². The molecule has 0 saturated carbocycles. The molecule has 0 saturated heterocycles. The van der Waals surface area contributed by atoms with Gasteiger partial charge in [-0.3, -0.25) is 0 Å². The van der Waals surface area contributed by atoms with Crippen LogP contribution in [0.25, 0.3) is 0 Å². The largest absolute Gasteiger partial charge is 0.383 e. The van der Waals surface area contributed by atoms with Crippen LogP contribution >= 0.6 is 11.3 Å². The summed E-state index contributed by atoms with van der Waals surface area (Å²) in [6.07, 6.45) is -3.12. The molecule has 0 aliphatic heterocycles. The van der Waals surface area contributed by atoms with Gasteiger partial charge in [0.25, 0.3) is 0 Å². The first-order valence-corrected chi connectivity index (χ1v) is 3.57. The lowest BCUT2D eigenvalue weighted by atomic mass is 10.3. The fraction of sp³-hybridized carbons (Fsp3) is 0.333. The molecule has 0 atom stereocenters. The van der Waals surface area contributed by atoms with Crippen LogP contribution in [-0.2, 0) is 10.8 Å². The SMILES string of the molecule is COC(F)(F)c1ccsc1. The summed E-state index contributed by atoms with van der Waals surface area (Å²) >= 11 is 1.22. The molecule has 56 valence electrons. The average molecular weight is 164 g/mol. The van der Waals surface area contributed by atoms with Crippen LogP contribution in [-0.4, -0.2) is 7.11 Å². The lowest BCUT2D eigenvalue weighted by Crippen LogP contribution is -2.13. The lowest BCUT2D eigenvalue weighted by Gasteiger charge is -2.10. The predicted molar refractivity (Wildman–Crippen MR) is 35.2 cm³/mol. The summed E-state index contributed by atoms with van der Waals surface area (Å²) in [5.41, 5.74) is -0.0833. The van der Waals surface area contributed by atoms with E-state index in [1.807, 2.05) is 0 Å². The molecule has 0 aliphatic rings. The molecule has 0 aromatic carbocycles. The highest BCUT2D eigenvalue weighted by Gasteiger charge is 2.31. The van der Waals surface area contributed by atoms with E-state index in [4.69, 9.17) is 0 Å². The van der Waals surface area contributed by atoms with Crippen molar-refractivity contribution in [2.75, 3.05) is 7.11 Å². The summed E-state index contributed by atoms with van der Waals surface area (Å²) in [6.45, 7) is 0. The Morgan fingerprint density at radius 3 is 2.70 bits per heavy atom. The average Bonchev–Trinajstić information content (AvgIpc) is 2.38. The molecule has 4 heteroatoms. The normalized spacial score (nSPS) is 11.9. The van der Waals surface area contributed by atoms with Crippen molar-refractivity contribution < 1.29 is 13.5 Å². The highest BCUT2D eigenvalue weighted by Crippen LogP contribution is 2.29. The molecule has 0 amide bonds. The topological polar surface area (TPSA) is 9.23 Å². The highest BCUT2D eigenvalue weighted by atomic mass is 32.1. The van der Waals surface area contributed by atoms with Crippen molar-refractivity contribution in [3.63, 3.8) is 0 Å². The molecule has 0 bridgehead atoms. The molecule has 0 N–H and O–H groups in total. The van der Waals surface area contributed by atoms with Crippen molar-refractivity contribution in [3.05, 3.63) is 22.4 Å². The molecule has 0 unspecified atom stereocenters. The van der Waals surface area contributed by atoms with Crippen LogP contribution in [0.2, 0.25) is 0 Å². The zero-order chi connectivity index (χ0) is 7.61. The van der Waals surface area contributed by atoms with Crippen LogP contribution in [0.1, 0.15) is 5.56 Å². The maximum atomic E-state index is 12.5. The van der Waals surface area contributed by atoms with Crippen molar-refractivity contribution in [2.24, 2.45) is 0 Å². The first-order chi connectivity index (χ1) is 4.67. The number of rotatable bonds is 2. The monoisotopic (exact) mass is 164 g/mol. The Hall–Kier alpha value is -0.480. The van der Waals surface area contributed by atoms with Crippen LogP contribution in [0.15, 0.2) is 16.8 Å². The molecular weight excluding hydrogens is 158 g/mol. The lowest BCUT2D eigenvalue weighted by molar-refractivity contribution is -0.231. The molecule has 1 heterocycles. The van der Waals surface area contributed by atoms with Gasteiger partial charge in [-0.1, -0.05) is 0 Å². The third kappa shape index (κ3) is 1.33. The minimum Gasteiger partial charge on any atom is -0.320 e. The van der Waals surface area contributed by atoms with Crippen LogP contribution in [0.5, 0.6) is 0 Å². The van der Waals surface area contributed by atoms with E-state index in [9.17, 15) is 8.78 Å². The first-order valence-electron chi connectivity index (χ1n) is 2.62. The number of ether oxygens (including phenoxy) is 1. The van der Waals surface area contributed by atoms with Gasteiger partial charge >= 0.3 is 6.11 Å². The summed E-state index contributed by atoms with van der Waals surface area (Å²) in [4.78, 5) is 0. The number of methoxy groups -OCH3 is 1. The standard InChI is InChI=1S/C6H6F2OS/c1-9-6(7,8)5-2-3-10-4-5/h2-4H,1H3. The summed E-state index contributed by atoms with van der Waals surface area (Å²) in [7, 11) is 0.984. The van der Waals surface area contributed by atoms with E-state index in [1.165, 1.54) is 22.8 Å². The fourth-order valence-electron chi connectivity index (χ4n) is 0.548. The highest BCUT2D eigenvalue weighted by molar-refractivity contribution is 7.07. The third-order valence-corrected chi connectivity index (χ3v) is 1.80. The van der Waals surface area contributed by atoms with E-state index in [0.717, 1.165) is 7.11 Å². The summed E-state index contributed by atoms with van der Waals surface area (Å²) in [5, 5.41) is 2.95. The zero-order valence-corrected chi connectivity index (χ0v) is 6.12. The number of thiophene rings is 1. The van der Waals surface area contributed by atoms with Crippen molar-refractivity contribution in [3.8, 4) is 0 Å². The molecule has 10 heavy (non-hydrogen) atoms. The maximum absolute atomic E-state index is 12.5. The van der Waals surface area contributed by atoms with Crippen molar-refractivity contribution in [1.29, 1.82) is 0 Å². The predicted octanol–water partition coefficient (Wildman–Crippen LogP) is 2.44. The van der Waals surface area contributed by atoms with E-state index in [-0.39, 0.29) is 5.56 Å². The van der Waals surface area contributed by atoms with Gasteiger partial charge in [-0.25, -0.2) is 0 Å². The molecular formula is C6H6F2OS. The van der Waals surface area contributed by atoms with Gasteiger partial charge in [0.05, 0.1) is 5.56 Å². The Labute approximate surface area is 61.2 Å². The fourth-order valence-corrected chi connectivity index (χ4v) is 1.21. The van der Waals surface area contributed by atoms with Crippen LogP contribution in [0.3, 0.4) is 0 Å². The van der Waals surface area contributed by atoms with Gasteiger partial charge in [0.15, 0.2) is 0 Å². The quantitative estimate of drug-likeness (QED) is 0.652. The smallest absolute Gasteiger partial charge is 0.320 e. The molecule has 1 aromatic heterocycles. The molecule has 1 rings (SSSR count). The van der Waals surface area contributed by atoms with Crippen molar-refractivity contribution >= 4 is 11.3 Å². The number of halogens is 2. The zero-order valence-electron chi connectivity index (χ0n) is 5.30. The van der Waals surface area contributed by atoms with Gasteiger partial charge in [0.2, 0.25) is 0 Å². The summed E-state index contributed by atoms with van der Waals surface area (Å²) in [6, 6.07) is 1.34. The maximum Gasteiger partial charge on any atom is 0.383 e. The summed E-state index contributed by atoms with van der Waals surface area (Å²) < 4.78 is 29.0. The van der Waals surface area contributed by atoms with Crippen LogP contribution in [0, 0.1) is 0 Å². The van der Waals surface area contributed by atoms with E-state index in [2.05, 4.69) is 4.74 Å². The minimum absolute atomic E-state index is 0.0833. The number of hydrogen-bond acceptors (Lipinski definition) is 2. The van der Waals surface area contributed by atoms with Gasteiger partial charge in [0, 0.05) is 12.5 Å². The van der Waals surface area contributed by atoms with E-state index >= 15 is 0 Å². The Bertz CT molecular complexity index is 196. The first kappa shape index (κ1) is 7.63.